The number of hydrogen-bond acceptors (Lipinski definition) is 17. The summed E-state index contributed by atoms with van der Waals surface area (Å²) >= 11 is 8.28. The number of thiol groups is 2. The van der Waals surface area contributed by atoms with E-state index in [4.69, 9.17) is 43.8 Å². The van der Waals surface area contributed by atoms with Gasteiger partial charge in [-0.3, -0.25) is 27.2 Å². The van der Waals surface area contributed by atoms with Crippen molar-refractivity contribution in [2.24, 2.45) is 0 Å². The number of aromatic nitrogens is 8. The van der Waals surface area contributed by atoms with Crippen molar-refractivity contribution in [1.29, 1.82) is 0 Å². The molecule has 0 amide bonds. The zero-order valence-corrected chi connectivity index (χ0v) is 26.1. The molecular weight excluding hydrogens is 681 g/mol. The minimum Gasteiger partial charge on any atom is -0.382 e. The number of fused-ring (bicyclic) bond motifs is 4. The van der Waals surface area contributed by atoms with Gasteiger partial charge < -0.3 is 25.7 Å². The van der Waals surface area contributed by atoms with E-state index in [1.807, 2.05) is 0 Å². The van der Waals surface area contributed by atoms with Gasteiger partial charge in [0, 0.05) is 0 Å². The van der Waals surface area contributed by atoms with Crippen molar-refractivity contribution < 1.29 is 45.8 Å². The largest absolute Gasteiger partial charge is 0.386 e. The second-order valence-electron chi connectivity index (χ2n) is 10.6. The van der Waals surface area contributed by atoms with Crippen molar-refractivity contribution in [3.8, 4) is 0 Å². The summed E-state index contributed by atoms with van der Waals surface area (Å²) in [7, 11) is 0. The first-order chi connectivity index (χ1) is 21.5. The van der Waals surface area contributed by atoms with Gasteiger partial charge in [-0.05, 0) is 0 Å². The Kier molecular flexibility index (Phi) is 6.98. The lowest BCUT2D eigenvalue weighted by molar-refractivity contribution is -0.182. The van der Waals surface area contributed by atoms with Crippen LogP contribution in [0.4, 0.5) is 16.0 Å². The first kappa shape index (κ1) is 29.9. The van der Waals surface area contributed by atoms with Crippen molar-refractivity contribution in [1.82, 2.24) is 39.0 Å². The molecule has 0 spiro atoms. The molecule has 4 aliphatic heterocycles. The van der Waals surface area contributed by atoms with Crippen LogP contribution in [0.15, 0.2) is 25.3 Å². The highest BCUT2D eigenvalue weighted by Crippen LogP contribution is 2.63. The van der Waals surface area contributed by atoms with Gasteiger partial charge in [-0.25, -0.2) is 43.4 Å². The fourth-order valence-corrected chi connectivity index (χ4v) is 8.84. The highest BCUT2D eigenvalue weighted by molar-refractivity contribution is 8.44. The van der Waals surface area contributed by atoms with Gasteiger partial charge in [0.05, 0.1) is 32.5 Å². The molecule has 45 heavy (non-hydrogen) atoms. The second-order valence-corrected chi connectivity index (χ2v) is 16.4. The highest BCUT2D eigenvalue weighted by atomic mass is 32.7. The van der Waals surface area contributed by atoms with Gasteiger partial charge in [0.25, 0.3) is 0 Å². The molecule has 4 N–H and O–H groups in total. The Bertz CT molecular complexity index is 1920. The van der Waals surface area contributed by atoms with Crippen LogP contribution in [-0.2, 0) is 41.4 Å². The molecule has 8 heterocycles. The quantitative estimate of drug-likeness (QED) is 0.171. The molecular formula is C21H23FN10O9P2S2. The summed E-state index contributed by atoms with van der Waals surface area (Å²) in [6.07, 6.45) is -4.12. The van der Waals surface area contributed by atoms with Crippen LogP contribution in [0.25, 0.3) is 22.3 Å². The van der Waals surface area contributed by atoms with E-state index in [1.165, 1.54) is 34.4 Å². The maximum absolute atomic E-state index is 15.9. The lowest BCUT2D eigenvalue weighted by Gasteiger charge is -2.32. The van der Waals surface area contributed by atoms with Crippen LogP contribution >= 0.6 is 38.1 Å². The third kappa shape index (κ3) is 4.86. The summed E-state index contributed by atoms with van der Waals surface area (Å²) in [4.78, 5) is 24.7. The zero-order valence-electron chi connectivity index (χ0n) is 22.5. The van der Waals surface area contributed by atoms with Crippen molar-refractivity contribution in [2.45, 2.75) is 48.6 Å². The smallest absolute Gasteiger partial charge is 0.382 e. The van der Waals surface area contributed by atoms with E-state index in [2.05, 4.69) is 54.4 Å². The monoisotopic (exact) mass is 704 g/mol. The molecule has 0 unspecified atom stereocenters. The average molecular weight is 705 g/mol. The summed E-state index contributed by atoms with van der Waals surface area (Å²) in [6, 6.07) is 0. The Morgan fingerprint density at radius 3 is 2.13 bits per heavy atom. The molecule has 4 saturated heterocycles. The number of alkyl halides is 1. The van der Waals surface area contributed by atoms with E-state index >= 15 is 4.39 Å². The van der Waals surface area contributed by atoms with Gasteiger partial charge in [-0.1, -0.05) is 24.5 Å². The SMILES string of the molecule is Nc1ncnc2c1ncn2[C@@H]1O[C@@H]2CO[P@@](=O)(S)O[C@H]3[C@H]4OC[C@]3(CO[P@@](=O)(S)O[C@@H]1[C@H]2F)O[C@H]4n1cnc2c(N)ncnc21. The van der Waals surface area contributed by atoms with Gasteiger partial charge in [-0.15, -0.1) is 0 Å². The third-order valence-corrected chi connectivity index (χ3v) is 11.1. The second kappa shape index (κ2) is 10.5. The topological polar surface area (TPSA) is 238 Å². The molecule has 19 nitrogen and oxygen atoms in total. The van der Waals surface area contributed by atoms with Gasteiger partial charge >= 0.3 is 13.6 Å². The van der Waals surface area contributed by atoms with Crippen LogP contribution < -0.4 is 11.5 Å². The number of imidazole rings is 2. The highest BCUT2D eigenvalue weighted by Gasteiger charge is 2.66. The maximum atomic E-state index is 15.9. The fourth-order valence-electron chi connectivity index (χ4n) is 5.87. The molecule has 4 fully saturated rings. The minimum atomic E-state index is -4.38. The van der Waals surface area contributed by atoms with Crippen LogP contribution in [0, 0.1) is 0 Å². The van der Waals surface area contributed by atoms with Crippen molar-refractivity contribution in [3.63, 3.8) is 0 Å². The molecule has 0 saturated carbocycles. The molecule has 0 radical (unpaired) electrons. The third-order valence-electron chi connectivity index (χ3n) is 7.94. The van der Waals surface area contributed by atoms with E-state index in [9.17, 15) is 9.13 Å². The molecule has 10 atom stereocenters. The van der Waals surface area contributed by atoms with E-state index in [-0.39, 0.29) is 29.4 Å². The lowest BCUT2D eigenvalue weighted by Crippen LogP contribution is -2.45. The molecule has 4 aliphatic rings. The standard InChI is InChI=1S/C21H23FN10O9P2S2/c22-9-8-1-36-42(33,44)41-14-13-20(32-7-30-11-16(24)26-5-28-18(11)32)39-21(14,2-35-13)3-37-43(34,45)40-12(9)19(38-8)31-6-29-10-15(23)25-4-27-17(10)31/h4-9,12-14,19-20H,1-3H2,(H,33,44)(H,34,45)(H2,23,25,27)(H2,24,26,28)/t8-,9+,12-,13-,14+,19-,20-,21-,42-,43-/m1/s1. The van der Waals surface area contributed by atoms with Gasteiger partial charge in [0.15, 0.2) is 41.6 Å². The Balaban J connectivity index is 1.14. The predicted octanol–water partition coefficient (Wildman–Crippen LogP) is 1.63. The van der Waals surface area contributed by atoms with E-state index in [1.54, 1.807) is 0 Å². The summed E-state index contributed by atoms with van der Waals surface area (Å²) in [6.45, 7) is -9.90. The zero-order chi connectivity index (χ0) is 31.3. The molecule has 240 valence electrons. The predicted molar refractivity (Wildman–Crippen MR) is 156 cm³/mol. The number of ether oxygens (including phenoxy) is 3. The first-order valence-corrected chi connectivity index (χ1v) is 18.6. The fraction of sp³-hybridized carbons (Fsp3) is 0.524. The van der Waals surface area contributed by atoms with Crippen LogP contribution in [0.2, 0.25) is 0 Å². The Morgan fingerprint density at radius 2 is 1.47 bits per heavy atom. The van der Waals surface area contributed by atoms with E-state index in [0.29, 0.717) is 11.2 Å². The van der Waals surface area contributed by atoms with Crippen LogP contribution in [0.3, 0.4) is 0 Å². The van der Waals surface area contributed by atoms with E-state index in [0.717, 1.165) is 0 Å². The summed E-state index contributed by atoms with van der Waals surface area (Å²) in [5, 5.41) is 0. The maximum Gasteiger partial charge on any atom is 0.386 e. The molecule has 4 aromatic rings. The Hall–Kier alpha value is -2.49. The summed E-state index contributed by atoms with van der Waals surface area (Å²) in [5.74, 6) is 0.218. The number of nitrogens with two attached hydrogens (primary N) is 2. The van der Waals surface area contributed by atoms with Crippen LogP contribution in [-0.4, -0.2) is 95.0 Å². The number of anilines is 2. The number of nitrogen functional groups attached to an aromatic ring is 2. The number of nitrogens with zero attached hydrogens (tertiary/aromatic N) is 8. The Labute approximate surface area is 261 Å². The molecule has 8 rings (SSSR count). The van der Waals surface area contributed by atoms with Crippen molar-refractivity contribution >= 4 is 72.1 Å². The summed E-state index contributed by atoms with van der Waals surface area (Å²) < 4.78 is 87.1. The van der Waals surface area contributed by atoms with Crippen LogP contribution in [0.5, 0.6) is 0 Å². The molecule has 4 bridgehead atoms. The van der Waals surface area contributed by atoms with E-state index < -0.39 is 75.5 Å². The minimum absolute atomic E-state index is 0.0739. The summed E-state index contributed by atoms with van der Waals surface area (Å²) in [5.41, 5.74) is 11.4. The van der Waals surface area contributed by atoms with Crippen molar-refractivity contribution in [3.05, 3.63) is 25.3 Å². The van der Waals surface area contributed by atoms with Gasteiger partial charge in [0.1, 0.15) is 53.7 Å². The number of halogens is 1. The normalized spacial score (nSPS) is 40.3. The van der Waals surface area contributed by atoms with Gasteiger partial charge in [0.2, 0.25) is 0 Å². The molecule has 24 heteroatoms. The average Bonchev–Trinajstić information content (AvgIpc) is 3.80. The lowest BCUT2D eigenvalue weighted by atomic mass is 10.0. The first-order valence-electron chi connectivity index (χ1n) is 13.2. The molecule has 4 aromatic heterocycles. The molecule has 0 aromatic carbocycles. The van der Waals surface area contributed by atoms with Gasteiger partial charge in [-0.2, -0.15) is 0 Å². The number of hydrogen-bond donors (Lipinski definition) is 4. The van der Waals surface area contributed by atoms with Crippen molar-refractivity contribution in [2.75, 3.05) is 31.3 Å². The van der Waals surface area contributed by atoms with Crippen LogP contribution in [0.1, 0.15) is 12.5 Å². The number of rotatable bonds is 2. The molecule has 0 aliphatic carbocycles. The Morgan fingerprint density at radius 1 is 0.844 bits per heavy atom.